The minimum atomic E-state index is -0.286. The van der Waals surface area contributed by atoms with Gasteiger partial charge in [-0.3, -0.25) is 14.5 Å². The summed E-state index contributed by atoms with van der Waals surface area (Å²) in [7, 11) is 0. The number of hydrogen-bond acceptors (Lipinski definition) is 4. The third-order valence-corrected chi connectivity index (χ3v) is 5.90. The quantitative estimate of drug-likeness (QED) is 0.910. The van der Waals surface area contributed by atoms with Crippen LogP contribution in [0.25, 0.3) is 0 Å². The predicted molar refractivity (Wildman–Crippen MR) is 86.4 cm³/mol. The van der Waals surface area contributed by atoms with E-state index in [1.807, 2.05) is 11.8 Å². The van der Waals surface area contributed by atoms with Gasteiger partial charge in [-0.1, -0.05) is 0 Å². The third-order valence-electron chi connectivity index (χ3n) is 4.88. The van der Waals surface area contributed by atoms with Crippen molar-refractivity contribution in [2.45, 2.75) is 38.8 Å². The van der Waals surface area contributed by atoms with Crippen LogP contribution in [0.2, 0.25) is 0 Å². The van der Waals surface area contributed by atoms with Crippen LogP contribution in [0.3, 0.4) is 0 Å². The molecule has 0 unspecified atom stereocenters. The predicted octanol–water partition coefficient (Wildman–Crippen LogP) is 1.22. The monoisotopic (exact) mass is 321 g/mol. The highest BCUT2D eigenvalue weighted by Crippen LogP contribution is 2.26. The van der Waals surface area contributed by atoms with Crippen molar-refractivity contribution in [1.82, 2.24) is 9.80 Å². The van der Waals surface area contributed by atoms with E-state index in [9.17, 15) is 9.59 Å². The Balaban J connectivity index is 1.63. The van der Waals surface area contributed by atoms with Gasteiger partial charge in [-0.2, -0.15) is 0 Å². The highest BCUT2D eigenvalue weighted by atomic mass is 32.1. The highest BCUT2D eigenvalue weighted by molar-refractivity contribution is 7.10. The van der Waals surface area contributed by atoms with Crippen LogP contribution in [0.5, 0.6) is 0 Å². The van der Waals surface area contributed by atoms with Crippen molar-refractivity contribution in [1.29, 1.82) is 0 Å². The molecule has 0 saturated carbocycles. The van der Waals surface area contributed by atoms with Crippen molar-refractivity contribution in [3.8, 4) is 0 Å². The fourth-order valence-electron chi connectivity index (χ4n) is 3.43. The summed E-state index contributed by atoms with van der Waals surface area (Å²) >= 11 is 1.81. The molecule has 6 heteroatoms. The van der Waals surface area contributed by atoms with E-state index in [2.05, 4.69) is 16.3 Å². The van der Waals surface area contributed by atoms with Gasteiger partial charge in [0.2, 0.25) is 11.8 Å². The molecule has 1 aromatic heterocycles. The number of likely N-dealkylation sites (tertiary alicyclic amines) is 1. The van der Waals surface area contributed by atoms with Crippen LogP contribution in [0.4, 0.5) is 0 Å². The number of hydrogen-bond donors (Lipinski definition) is 1. The smallest absolute Gasteiger partial charge is 0.239 e. The molecule has 1 saturated heterocycles. The van der Waals surface area contributed by atoms with Crippen LogP contribution in [-0.4, -0.2) is 47.3 Å². The molecule has 3 heterocycles. The number of carbonyl (C=O) groups is 2. The van der Waals surface area contributed by atoms with Gasteiger partial charge in [0.25, 0.3) is 0 Å². The van der Waals surface area contributed by atoms with Crippen LogP contribution in [0.15, 0.2) is 11.4 Å². The normalized spacial score (nSPS) is 23.9. The Labute approximate surface area is 135 Å². The number of rotatable bonds is 3. The molecule has 2 aliphatic rings. The molecule has 22 heavy (non-hydrogen) atoms. The number of nitrogens with zero attached hydrogens (tertiary/aromatic N) is 2. The second-order valence-corrected chi connectivity index (χ2v) is 7.29. The first kappa shape index (κ1) is 15.5. The molecular formula is C16H23N3O2S. The number of amides is 2. The molecule has 1 fully saturated rings. The Morgan fingerprint density at radius 2 is 2.23 bits per heavy atom. The van der Waals surface area contributed by atoms with Crippen LogP contribution in [-0.2, 0) is 22.6 Å². The Morgan fingerprint density at radius 1 is 1.41 bits per heavy atom. The standard InChI is InChI=1S/C16H23N3O2S/c1-11(18-7-4-14-12(9-18)5-8-22-14)16(21)19-6-2-3-13(10-19)15(17)20/h5,8,11,13H,2-4,6-7,9-10H2,1H3,(H2,17,20)/t11-,13+/m1/s1. The largest absolute Gasteiger partial charge is 0.369 e. The summed E-state index contributed by atoms with van der Waals surface area (Å²) in [4.78, 5) is 29.6. The molecule has 0 bridgehead atoms. The van der Waals surface area contributed by atoms with Gasteiger partial charge in [0.05, 0.1) is 12.0 Å². The maximum absolute atomic E-state index is 12.8. The summed E-state index contributed by atoms with van der Waals surface area (Å²) in [6.45, 7) is 4.97. The van der Waals surface area contributed by atoms with Crippen molar-refractivity contribution in [2.75, 3.05) is 19.6 Å². The van der Waals surface area contributed by atoms with Gasteiger partial charge < -0.3 is 10.6 Å². The third kappa shape index (κ3) is 3.03. The molecular weight excluding hydrogens is 298 g/mol. The van der Waals surface area contributed by atoms with E-state index in [-0.39, 0.29) is 23.8 Å². The second kappa shape index (κ2) is 6.38. The Kier molecular flexibility index (Phi) is 4.49. The van der Waals surface area contributed by atoms with Gasteiger partial charge in [-0.25, -0.2) is 0 Å². The lowest BCUT2D eigenvalue weighted by Crippen LogP contribution is -2.52. The van der Waals surface area contributed by atoms with E-state index in [0.717, 1.165) is 38.9 Å². The molecule has 1 aromatic rings. The fourth-order valence-corrected chi connectivity index (χ4v) is 4.32. The number of fused-ring (bicyclic) bond motifs is 1. The molecule has 2 amide bonds. The lowest BCUT2D eigenvalue weighted by Gasteiger charge is -2.37. The SMILES string of the molecule is C[C@H](C(=O)N1CCC[C@H](C(N)=O)C1)N1CCc2sccc2C1. The van der Waals surface area contributed by atoms with Crippen molar-refractivity contribution in [3.05, 3.63) is 21.9 Å². The van der Waals surface area contributed by atoms with E-state index in [4.69, 9.17) is 5.73 Å². The zero-order valence-corrected chi connectivity index (χ0v) is 13.8. The van der Waals surface area contributed by atoms with E-state index >= 15 is 0 Å². The molecule has 0 spiro atoms. The van der Waals surface area contributed by atoms with Crippen molar-refractivity contribution < 1.29 is 9.59 Å². The molecule has 0 aliphatic carbocycles. The summed E-state index contributed by atoms with van der Waals surface area (Å²) < 4.78 is 0. The molecule has 2 aliphatic heterocycles. The minimum absolute atomic E-state index is 0.129. The zero-order valence-electron chi connectivity index (χ0n) is 13.0. The second-order valence-electron chi connectivity index (χ2n) is 6.29. The van der Waals surface area contributed by atoms with E-state index in [1.165, 1.54) is 10.4 Å². The molecule has 0 aromatic carbocycles. The van der Waals surface area contributed by atoms with E-state index in [1.54, 1.807) is 11.3 Å². The number of primary amides is 1. The van der Waals surface area contributed by atoms with Crippen LogP contribution in [0, 0.1) is 5.92 Å². The van der Waals surface area contributed by atoms with E-state index in [0.29, 0.717) is 6.54 Å². The zero-order chi connectivity index (χ0) is 15.7. The van der Waals surface area contributed by atoms with E-state index < -0.39 is 0 Å². The number of nitrogens with two attached hydrogens (primary N) is 1. The van der Waals surface area contributed by atoms with Crippen molar-refractivity contribution >= 4 is 23.2 Å². The highest BCUT2D eigenvalue weighted by Gasteiger charge is 2.32. The fraction of sp³-hybridized carbons (Fsp3) is 0.625. The Morgan fingerprint density at radius 3 is 3.00 bits per heavy atom. The van der Waals surface area contributed by atoms with Crippen LogP contribution < -0.4 is 5.73 Å². The van der Waals surface area contributed by atoms with Crippen molar-refractivity contribution in [3.63, 3.8) is 0 Å². The first-order valence-corrected chi connectivity index (χ1v) is 8.81. The number of piperidine rings is 1. The summed E-state index contributed by atoms with van der Waals surface area (Å²) in [5.41, 5.74) is 6.76. The Bertz CT molecular complexity index is 571. The molecule has 2 N–H and O–H groups in total. The lowest BCUT2D eigenvalue weighted by molar-refractivity contribution is -0.139. The van der Waals surface area contributed by atoms with Crippen LogP contribution in [0.1, 0.15) is 30.2 Å². The number of carbonyl (C=O) groups excluding carboxylic acids is 2. The maximum Gasteiger partial charge on any atom is 0.239 e. The molecule has 3 rings (SSSR count). The summed E-state index contributed by atoms with van der Waals surface area (Å²) in [5.74, 6) is -0.342. The van der Waals surface area contributed by atoms with Gasteiger partial charge >= 0.3 is 0 Å². The maximum atomic E-state index is 12.8. The molecule has 5 nitrogen and oxygen atoms in total. The first-order chi connectivity index (χ1) is 10.6. The van der Waals surface area contributed by atoms with Crippen LogP contribution >= 0.6 is 11.3 Å². The average Bonchev–Trinajstić information content (AvgIpc) is 3.01. The lowest BCUT2D eigenvalue weighted by atomic mass is 9.96. The molecule has 2 atom stereocenters. The minimum Gasteiger partial charge on any atom is -0.369 e. The summed E-state index contributed by atoms with van der Waals surface area (Å²) in [6.07, 6.45) is 2.69. The van der Waals surface area contributed by atoms with Gasteiger partial charge in [-0.05, 0) is 43.2 Å². The number of thiophene rings is 1. The van der Waals surface area contributed by atoms with Gasteiger partial charge in [0.1, 0.15) is 0 Å². The molecule has 120 valence electrons. The van der Waals surface area contributed by atoms with Gasteiger partial charge in [-0.15, -0.1) is 11.3 Å². The topological polar surface area (TPSA) is 66.6 Å². The Hall–Kier alpha value is -1.40. The summed E-state index contributed by atoms with van der Waals surface area (Å²) in [5, 5.41) is 2.13. The van der Waals surface area contributed by atoms with Crippen molar-refractivity contribution in [2.24, 2.45) is 11.7 Å². The molecule has 0 radical (unpaired) electrons. The average molecular weight is 321 g/mol. The summed E-state index contributed by atoms with van der Waals surface area (Å²) in [6, 6.07) is 2.02. The van der Waals surface area contributed by atoms with Gasteiger partial charge in [0, 0.05) is 31.1 Å². The van der Waals surface area contributed by atoms with Gasteiger partial charge in [0.15, 0.2) is 0 Å². The first-order valence-electron chi connectivity index (χ1n) is 7.93.